The van der Waals surface area contributed by atoms with Crippen molar-refractivity contribution in [1.29, 1.82) is 0 Å². The first-order chi connectivity index (χ1) is 14.7. The summed E-state index contributed by atoms with van der Waals surface area (Å²) in [6, 6.07) is 14.1. The number of amides is 1. The molecule has 31 heavy (non-hydrogen) atoms. The fourth-order valence-electron chi connectivity index (χ4n) is 3.81. The molecule has 1 saturated heterocycles. The lowest BCUT2D eigenvalue weighted by atomic mass is 10.1. The quantitative estimate of drug-likeness (QED) is 0.708. The number of morpholine rings is 1. The summed E-state index contributed by atoms with van der Waals surface area (Å²) in [6.07, 6.45) is 0.407. The Balaban J connectivity index is 1.64. The molecule has 1 amide bonds. The summed E-state index contributed by atoms with van der Waals surface area (Å²) in [5, 5.41) is 2.95. The Morgan fingerprint density at radius 3 is 2.19 bits per heavy atom. The average molecular weight is 446 g/mol. The highest BCUT2D eigenvalue weighted by molar-refractivity contribution is 7.89. The second-order valence-electron chi connectivity index (χ2n) is 8.21. The summed E-state index contributed by atoms with van der Waals surface area (Å²) in [4.78, 5) is 15.1. The summed E-state index contributed by atoms with van der Waals surface area (Å²) in [5.74, 6) is -0.239. The van der Waals surface area contributed by atoms with Gasteiger partial charge in [0, 0.05) is 45.8 Å². The molecule has 168 valence electrons. The van der Waals surface area contributed by atoms with Crippen molar-refractivity contribution in [2.24, 2.45) is 0 Å². The van der Waals surface area contributed by atoms with Crippen LogP contribution in [0.2, 0.25) is 0 Å². The van der Waals surface area contributed by atoms with E-state index in [9.17, 15) is 13.2 Å². The first kappa shape index (κ1) is 23.4. The second-order valence-corrected chi connectivity index (χ2v) is 10.4. The van der Waals surface area contributed by atoms with E-state index >= 15 is 0 Å². The zero-order valence-electron chi connectivity index (χ0n) is 18.5. The van der Waals surface area contributed by atoms with Gasteiger partial charge in [-0.1, -0.05) is 24.3 Å². The van der Waals surface area contributed by atoms with Crippen molar-refractivity contribution in [2.75, 3.05) is 27.2 Å². The molecule has 0 saturated carbocycles. The van der Waals surface area contributed by atoms with Crippen molar-refractivity contribution in [3.63, 3.8) is 0 Å². The molecular weight excluding hydrogens is 414 g/mol. The third-order valence-corrected chi connectivity index (χ3v) is 7.17. The largest absolute Gasteiger partial charge is 0.373 e. The van der Waals surface area contributed by atoms with Crippen LogP contribution < -0.4 is 5.32 Å². The van der Waals surface area contributed by atoms with Crippen molar-refractivity contribution in [1.82, 2.24) is 14.5 Å². The topological polar surface area (TPSA) is 79.0 Å². The van der Waals surface area contributed by atoms with Gasteiger partial charge >= 0.3 is 0 Å². The molecule has 8 heteroatoms. The third kappa shape index (κ3) is 5.92. The number of hydrogen-bond acceptors (Lipinski definition) is 5. The van der Waals surface area contributed by atoms with Crippen LogP contribution in [0.1, 0.15) is 35.3 Å². The molecule has 2 atom stereocenters. The van der Waals surface area contributed by atoms with Gasteiger partial charge < -0.3 is 10.1 Å². The first-order valence-corrected chi connectivity index (χ1v) is 11.9. The van der Waals surface area contributed by atoms with Gasteiger partial charge in [0.15, 0.2) is 0 Å². The second kappa shape index (κ2) is 9.91. The number of carbonyl (C=O) groups excluding carboxylic acids is 1. The third-order valence-electron chi connectivity index (χ3n) is 5.34. The number of ether oxygens (including phenoxy) is 1. The van der Waals surface area contributed by atoms with Crippen LogP contribution >= 0.6 is 0 Å². The molecule has 1 aliphatic rings. The zero-order chi connectivity index (χ0) is 22.6. The number of sulfonamides is 1. The number of benzene rings is 2. The zero-order valence-corrected chi connectivity index (χ0v) is 19.4. The van der Waals surface area contributed by atoms with Crippen LogP contribution in [0.5, 0.6) is 0 Å². The van der Waals surface area contributed by atoms with E-state index in [4.69, 9.17) is 4.74 Å². The summed E-state index contributed by atoms with van der Waals surface area (Å²) in [6.45, 7) is 7.15. The molecule has 0 aromatic heterocycles. The predicted octanol–water partition coefficient (Wildman–Crippen LogP) is 2.48. The van der Waals surface area contributed by atoms with E-state index in [1.54, 1.807) is 0 Å². The smallest absolute Gasteiger partial charge is 0.251 e. The molecule has 2 aromatic carbocycles. The number of rotatable bonds is 7. The van der Waals surface area contributed by atoms with E-state index in [1.807, 2.05) is 18.2 Å². The number of nitrogens with one attached hydrogen (secondary N) is 1. The number of hydrogen-bond donors (Lipinski definition) is 1. The molecule has 1 aliphatic heterocycles. The predicted molar refractivity (Wildman–Crippen MR) is 120 cm³/mol. The van der Waals surface area contributed by atoms with Crippen molar-refractivity contribution in [3.8, 4) is 0 Å². The number of carbonyl (C=O) groups is 1. The Morgan fingerprint density at radius 2 is 1.61 bits per heavy atom. The van der Waals surface area contributed by atoms with Crippen LogP contribution in [0.4, 0.5) is 0 Å². The van der Waals surface area contributed by atoms with Crippen LogP contribution in [0.25, 0.3) is 0 Å². The molecule has 2 unspecified atom stereocenters. The van der Waals surface area contributed by atoms with Gasteiger partial charge in [0.1, 0.15) is 0 Å². The minimum atomic E-state index is -3.51. The van der Waals surface area contributed by atoms with Crippen LogP contribution in [-0.2, 0) is 27.8 Å². The average Bonchev–Trinajstić information content (AvgIpc) is 2.72. The molecular formula is C23H31N3O4S. The van der Waals surface area contributed by atoms with E-state index in [0.717, 1.165) is 29.5 Å². The molecule has 1 N–H and O–H groups in total. The van der Waals surface area contributed by atoms with Crippen molar-refractivity contribution < 1.29 is 17.9 Å². The lowest BCUT2D eigenvalue weighted by Gasteiger charge is -2.35. The molecule has 1 heterocycles. The van der Waals surface area contributed by atoms with Crippen molar-refractivity contribution in [3.05, 3.63) is 65.2 Å². The fourth-order valence-corrected chi connectivity index (χ4v) is 4.71. The minimum Gasteiger partial charge on any atom is -0.373 e. The molecule has 0 aliphatic carbocycles. The van der Waals surface area contributed by atoms with Crippen LogP contribution in [-0.4, -0.2) is 62.9 Å². The highest BCUT2D eigenvalue weighted by Crippen LogP contribution is 2.18. The highest BCUT2D eigenvalue weighted by atomic mass is 32.2. The Morgan fingerprint density at radius 1 is 1.03 bits per heavy atom. The highest BCUT2D eigenvalue weighted by Gasteiger charge is 2.23. The van der Waals surface area contributed by atoms with E-state index in [-0.39, 0.29) is 23.0 Å². The van der Waals surface area contributed by atoms with Gasteiger partial charge in [-0.05, 0) is 49.2 Å². The van der Waals surface area contributed by atoms with Gasteiger partial charge in [-0.3, -0.25) is 9.69 Å². The maximum absolute atomic E-state index is 12.6. The summed E-state index contributed by atoms with van der Waals surface area (Å²) in [5.41, 5.74) is 2.66. The van der Waals surface area contributed by atoms with Gasteiger partial charge in [-0.2, -0.15) is 0 Å². The summed E-state index contributed by atoms with van der Waals surface area (Å²) < 4.78 is 31.3. The summed E-state index contributed by atoms with van der Waals surface area (Å²) >= 11 is 0. The lowest BCUT2D eigenvalue weighted by molar-refractivity contribution is -0.0705. The molecule has 1 fully saturated rings. The molecule has 0 bridgehead atoms. The number of nitrogens with zero attached hydrogens (tertiary/aromatic N) is 2. The standard InChI is InChI=1S/C23H31N3O4S/c1-17-14-26(15-18(2)30-17)16-21-8-6-5-7-20(21)13-24-23(27)19-9-11-22(12-10-19)31(28,29)25(3)4/h5-12,17-18H,13-16H2,1-4H3,(H,24,27). The fraction of sp³-hybridized carbons (Fsp3) is 0.435. The van der Waals surface area contributed by atoms with E-state index in [0.29, 0.717) is 12.1 Å². The SMILES string of the molecule is CC1CN(Cc2ccccc2CNC(=O)c2ccc(S(=O)(=O)N(C)C)cc2)CC(C)O1. The van der Waals surface area contributed by atoms with Crippen LogP contribution in [0.15, 0.2) is 53.4 Å². The van der Waals surface area contributed by atoms with Gasteiger partial charge in [0.2, 0.25) is 10.0 Å². The lowest BCUT2D eigenvalue weighted by Crippen LogP contribution is -2.45. The van der Waals surface area contributed by atoms with Crippen molar-refractivity contribution >= 4 is 15.9 Å². The molecule has 2 aromatic rings. The Labute approximate surface area is 185 Å². The molecule has 0 spiro atoms. The Kier molecular flexibility index (Phi) is 7.48. The van der Waals surface area contributed by atoms with Crippen LogP contribution in [0, 0.1) is 0 Å². The monoisotopic (exact) mass is 445 g/mol. The Hall–Kier alpha value is -2.26. The van der Waals surface area contributed by atoms with E-state index in [2.05, 4.69) is 30.1 Å². The normalized spacial score (nSPS) is 20.0. The maximum Gasteiger partial charge on any atom is 0.251 e. The van der Waals surface area contributed by atoms with E-state index in [1.165, 1.54) is 43.9 Å². The van der Waals surface area contributed by atoms with Crippen LogP contribution in [0.3, 0.4) is 0 Å². The molecule has 7 nitrogen and oxygen atoms in total. The van der Waals surface area contributed by atoms with Gasteiger partial charge in [0.05, 0.1) is 17.1 Å². The maximum atomic E-state index is 12.6. The van der Waals surface area contributed by atoms with Gasteiger partial charge in [-0.15, -0.1) is 0 Å². The summed E-state index contributed by atoms with van der Waals surface area (Å²) in [7, 11) is -0.559. The minimum absolute atomic E-state index is 0.161. The Bertz CT molecular complexity index is 996. The van der Waals surface area contributed by atoms with Crippen molar-refractivity contribution in [2.45, 2.75) is 44.0 Å². The molecule has 3 rings (SSSR count). The first-order valence-electron chi connectivity index (χ1n) is 10.4. The molecule has 0 radical (unpaired) electrons. The van der Waals surface area contributed by atoms with E-state index < -0.39 is 10.0 Å². The van der Waals surface area contributed by atoms with Gasteiger partial charge in [-0.25, -0.2) is 12.7 Å². The van der Waals surface area contributed by atoms with Gasteiger partial charge in [0.25, 0.3) is 5.91 Å².